The summed E-state index contributed by atoms with van der Waals surface area (Å²) < 4.78 is 0. The fraction of sp³-hybridized carbons (Fsp3) is 0.429. The topological polar surface area (TPSA) is 57.3 Å². The first-order valence-corrected chi connectivity index (χ1v) is 9.31. The van der Waals surface area contributed by atoms with Gasteiger partial charge in [0.1, 0.15) is 5.82 Å². The molecule has 2 aromatic rings. The number of aromatic nitrogens is 1. The van der Waals surface area contributed by atoms with Crippen LogP contribution >= 0.6 is 0 Å². The van der Waals surface area contributed by atoms with Gasteiger partial charge in [-0.25, -0.2) is 4.98 Å². The zero-order valence-electron chi connectivity index (χ0n) is 16.5. The van der Waals surface area contributed by atoms with Crippen LogP contribution < -0.4 is 15.5 Å². The van der Waals surface area contributed by atoms with E-state index in [0.717, 1.165) is 24.5 Å². The van der Waals surface area contributed by atoms with Gasteiger partial charge in [0.15, 0.2) is 0 Å². The molecule has 0 saturated heterocycles. The summed E-state index contributed by atoms with van der Waals surface area (Å²) in [6.45, 7) is 12.5. The maximum absolute atomic E-state index is 11.8. The van der Waals surface area contributed by atoms with Crippen molar-refractivity contribution in [3.05, 3.63) is 42.1 Å². The van der Waals surface area contributed by atoms with Gasteiger partial charge in [-0.2, -0.15) is 0 Å². The molecule has 2 N–H and O–H groups in total. The molecule has 1 amide bonds. The van der Waals surface area contributed by atoms with E-state index in [2.05, 4.69) is 59.5 Å². The van der Waals surface area contributed by atoms with Crippen molar-refractivity contribution in [2.75, 3.05) is 28.6 Å². The Morgan fingerprint density at radius 1 is 1.15 bits per heavy atom. The highest BCUT2D eigenvalue weighted by Gasteiger charge is 2.07. The maximum atomic E-state index is 11.8. The highest BCUT2D eigenvalue weighted by atomic mass is 16.1. The predicted octanol–water partition coefficient (Wildman–Crippen LogP) is 4.96. The fourth-order valence-electron chi connectivity index (χ4n) is 2.84. The van der Waals surface area contributed by atoms with E-state index in [0.29, 0.717) is 18.2 Å². The van der Waals surface area contributed by atoms with Gasteiger partial charge in [-0.05, 0) is 62.6 Å². The third kappa shape index (κ3) is 5.48. The summed E-state index contributed by atoms with van der Waals surface area (Å²) >= 11 is 0. The van der Waals surface area contributed by atoms with Gasteiger partial charge in [-0.3, -0.25) is 4.79 Å². The molecule has 0 radical (unpaired) electrons. The van der Waals surface area contributed by atoms with Crippen LogP contribution in [0.3, 0.4) is 0 Å². The van der Waals surface area contributed by atoms with Crippen LogP contribution in [-0.4, -0.2) is 24.0 Å². The lowest BCUT2D eigenvalue weighted by Crippen LogP contribution is -2.21. The number of nitrogens with zero attached hydrogens (tertiary/aromatic N) is 2. The Morgan fingerprint density at radius 3 is 2.42 bits per heavy atom. The molecule has 0 fully saturated rings. The quantitative estimate of drug-likeness (QED) is 0.703. The van der Waals surface area contributed by atoms with Crippen LogP contribution in [0.1, 0.15) is 39.7 Å². The maximum Gasteiger partial charge on any atom is 0.225 e. The molecule has 0 atom stereocenters. The molecule has 0 saturated carbocycles. The van der Waals surface area contributed by atoms with E-state index in [1.807, 2.05) is 26.0 Å². The number of anilines is 4. The van der Waals surface area contributed by atoms with Crippen molar-refractivity contribution < 1.29 is 4.79 Å². The minimum atomic E-state index is -0.00366. The van der Waals surface area contributed by atoms with E-state index in [4.69, 9.17) is 0 Å². The second kappa shape index (κ2) is 9.22. The van der Waals surface area contributed by atoms with Gasteiger partial charge in [0, 0.05) is 30.9 Å². The van der Waals surface area contributed by atoms with Crippen LogP contribution in [0.2, 0.25) is 0 Å². The molecular weight excluding hydrogens is 324 g/mol. The first-order valence-electron chi connectivity index (χ1n) is 9.31. The average Bonchev–Trinajstić information content (AvgIpc) is 2.59. The molecule has 0 unspecified atom stereocenters. The van der Waals surface area contributed by atoms with Gasteiger partial charge in [-0.15, -0.1) is 0 Å². The summed E-state index contributed by atoms with van der Waals surface area (Å²) in [5, 5.41) is 6.22. The van der Waals surface area contributed by atoms with E-state index < -0.39 is 0 Å². The standard InChI is InChI=1S/C21H30N4O/c1-6-25(7-2)18-9-10-19(16(5)13-18)23-17-8-11-20(22-14-17)24-21(26)12-15(3)4/h8-11,13-15,23H,6-7,12H2,1-5H3,(H,22,24,26). The van der Waals surface area contributed by atoms with Gasteiger partial charge in [0.2, 0.25) is 5.91 Å². The number of hydrogen-bond donors (Lipinski definition) is 2. The number of amides is 1. The molecule has 1 aromatic heterocycles. The zero-order valence-corrected chi connectivity index (χ0v) is 16.5. The number of carbonyl (C=O) groups is 1. The summed E-state index contributed by atoms with van der Waals surface area (Å²) in [7, 11) is 0. The number of aryl methyl sites for hydroxylation is 1. The Kier molecular flexibility index (Phi) is 7.01. The van der Waals surface area contributed by atoms with Crippen molar-refractivity contribution in [1.29, 1.82) is 0 Å². The number of hydrogen-bond acceptors (Lipinski definition) is 4. The zero-order chi connectivity index (χ0) is 19.1. The Morgan fingerprint density at radius 2 is 1.88 bits per heavy atom. The Hall–Kier alpha value is -2.56. The van der Waals surface area contributed by atoms with E-state index in [-0.39, 0.29) is 5.91 Å². The molecule has 1 aromatic carbocycles. The van der Waals surface area contributed by atoms with E-state index in [9.17, 15) is 4.79 Å². The van der Waals surface area contributed by atoms with Gasteiger partial charge in [-0.1, -0.05) is 13.8 Å². The van der Waals surface area contributed by atoms with Crippen molar-refractivity contribution in [2.24, 2.45) is 5.92 Å². The second-order valence-corrected chi connectivity index (χ2v) is 6.87. The summed E-state index contributed by atoms with van der Waals surface area (Å²) in [4.78, 5) is 18.5. The molecule has 140 valence electrons. The minimum absolute atomic E-state index is 0.00366. The molecular formula is C21H30N4O. The molecule has 1 heterocycles. The first kappa shape index (κ1) is 19.8. The molecule has 0 aliphatic rings. The molecule has 0 aliphatic carbocycles. The number of benzene rings is 1. The highest BCUT2D eigenvalue weighted by molar-refractivity contribution is 5.90. The van der Waals surface area contributed by atoms with E-state index >= 15 is 0 Å². The van der Waals surface area contributed by atoms with Crippen molar-refractivity contribution in [2.45, 2.75) is 41.0 Å². The molecule has 26 heavy (non-hydrogen) atoms. The number of rotatable bonds is 8. The molecule has 0 spiro atoms. The van der Waals surface area contributed by atoms with Crippen LogP contribution in [0.5, 0.6) is 0 Å². The van der Waals surface area contributed by atoms with E-state index in [1.165, 1.54) is 11.3 Å². The minimum Gasteiger partial charge on any atom is -0.372 e. The van der Waals surface area contributed by atoms with Gasteiger partial charge >= 0.3 is 0 Å². The van der Waals surface area contributed by atoms with Gasteiger partial charge in [0.25, 0.3) is 0 Å². The molecule has 0 aliphatic heterocycles. The third-order valence-corrected chi connectivity index (χ3v) is 4.24. The Bertz CT molecular complexity index is 721. The predicted molar refractivity (Wildman–Crippen MR) is 110 cm³/mol. The van der Waals surface area contributed by atoms with Crippen LogP contribution in [0, 0.1) is 12.8 Å². The average molecular weight is 354 g/mol. The van der Waals surface area contributed by atoms with Gasteiger partial charge in [0.05, 0.1) is 11.9 Å². The van der Waals surface area contributed by atoms with Crippen molar-refractivity contribution in [3.63, 3.8) is 0 Å². The summed E-state index contributed by atoms with van der Waals surface area (Å²) in [5.74, 6) is 0.907. The van der Waals surface area contributed by atoms with Crippen molar-refractivity contribution in [3.8, 4) is 0 Å². The SMILES string of the molecule is CCN(CC)c1ccc(Nc2ccc(NC(=O)CC(C)C)nc2)c(C)c1. The van der Waals surface area contributed by atoms with Crippen molar-refractivity contribution in [1.82, 2.24) is 4.98 Å². The van der Waals surface area contributed by atoms with Crippen LogP contribution in [0.4, 0.5) is 22.9 Å². The second-order valence-electron chi connectivity index (χ2n) is 6.87. The monoisotopic (exact) mass is 354 g/mol. The molecule has 5 nitrogen and oxygen atoms in total. The summed E-state index contributed by atoms with van der Waals surface area (Å²) in [6, 6.07) is 10.2. The lowest BCUT2D eigenvalue weighted by Gasteiger charge is -2.22. The summed E-state index contributed by atoms with van der Waals surface area (Å²) in [5.41, 5.74) is 4.37. The fourth-order valence-corrected chi connectivity index (χ4v) is 2.84. The molecule has 0 bridgehead atoms. The molecule has 5 heteroatoms. The number of nitrogens with one attached hydrogen (secondary N) is 2. The third-order valence-electron chi connectivity index (χ3n) is 4.24. The smallest absolute Gasteiger partial charge is 0.225 e. The first-order chi connectivity index (χ1) is 12.4. The van der Waals surface area contributed by atoms with Crippen LogP contribution in [0.25, 0.3) is 0 Å². The van der Waals surface area contributed by atoms with Crippen LogP contribution in [-0.2, 0) is 4.79 Å². The lowest BCUT2D eigenvalue weighted by atomic mass is 10.1. The molecule has 2 rings (SSSR count). The van der Waals surface area contributed by atoms with E-state index in [1.54, 1.807) is 6.20 Å². The van der Waals surface area contributed by atoms with Gasteiger partial charge < -0.3 is 15.5 Å². The summed E-state index contributed by atoms with van der Waals surface area (Å²) in [6.07, 6.45) is 2.24. The highest BCUT2D eigenvalue weighted by Crippen LogP contribution is 2.25. The normalized spacial score (nSPS) is 10.7. The lowest BCUT2D eigenvalue weighted by molar-refractivity contribution is -0.116. The number of pyridine rings is 1. The number of carbonyl (C=O) groups excluding carboxylic acids is 1. The largest absolute Gasteiger partial charge is 0.372 e. The Labute approximate surface area is 156 Å². The van der Waals surface area contributed by atoms with Crippen LogP contribution in [0.15, 0.2) is 36.5 Å². The Balaban J connectivity index is 2.03. The van der Waals surface area contributed by atoms with Crippen molar-refractivity contribution >= 4 is 28.8 Å².